The molecule has 0 aliphatic carbocycles. The lowest BCUT2D eigenvalue weighted by Crippen LogP contribution is -1.88. The minimum atomic E-state index is 0.242. The lowest BCUT2D eigenvalue weighted by atomic mass is 10.0. The van der Waals surface area contributed by atoms with Crippen LogP contribution < -0.4 is 5.73 Å². The Morgan fingerprint density at radius 3 is 2.57 bits per heavy atom. The zero-order valence-corrected chi connectivity index (χ0v) is 13.7. The second kappa shape index (κ2) is 5.72. The molecule has 0 saturated heterocycles. The standard InChI is InChI=1S/C15H9BrCl2N2O/c16-11-5-4-9(7-12(11)18)14-13(15(19)21-20-14)8-2-1-3-10(17)6-8/h1-7H,19H2. The molecule has 0 bridgehead atoms. The van der Waals surface area contributed by atoms with Crippen LogP contribution in [0.5, 0.6) is 0 Å². The Hall–Kier alpha value is -1.49. The van der Waals surface area contributed by atoms with Crippen molar-refractivity contribution in [3.63, 3.8) is 0 Å². The van der Waals surface area contributed by atoms with Gasteiger partial charge in [-0.2, -0.15) is 0 Å². The van der Waals surface area contributed by atoms with E-state index in [1.807, 2.05) is 30.3 Å². The van der Waals surface area contributed by atoms with Gasteiger partial charge in [-0.3, -0.25) is 0 Å². The Morgan fingerprint density at radius 1 is 1.05 bits per heavy atom. The summed E-state index contributed by atoms with van der Waals surface area (Å²) in [4.78, 5) is 0. The van der Waals surface area contributed by atoms with E-state index in [1.165, 1.54) is 0 Å². The average molecular weight is 384 g/mol. The molecule has 2 aromatic carbocycles. The molecule has 0 unspecified atom stereocenters. The molecule has 3 aromatic rings. The molecule has 3 rings (SSSR count). The van der Waals surface area contributed by atoms with Crippen LogP contribution in [0.25, 0.3) is 22.4 Å². The van der Waals surface area contributed by atoms with Crippen molar-refractivity contribution >= 4 is 45.0 Å². The van der Waals surface area contributed by atoms with Gasteiger partial charge in [-0.05, 0) is 45.8 Å². The minimum Gasteiger partial charge on any atom is -0.367 e. The summed E-state index contributed by atoms with van der Waals surface area (Å²) in [6, 6.07) is 12.9. The Labute approximate surface area is 139 Å². The molecule has 0 atom stereocenters. The number of hydrogen-bond donors (Lipinski definition) is 1. The van der Waals surface area contributed by atoms with Crippen LogP contribution >= 0.6 is 39.1 Å². The van der Waals surface area contributed by atoms with E-state index in [-0.39, 0.29) is 5.88 Å². The first-order valence-electron chi connectivity index (χ1n) is 6.03. The zero-order valence-electron chi connectivity index (χ0n) is 10.6. The number of nitrogens with two attached hydrogens (primary N) is 1. The van der Waals surface area contributed by atoms with Crippen LogP contribution in [0.1, 0.15) is 0 Å². The summed E-state index contributed by atoms with van der Waals surface area (Å²) in [6.45, 7) is 0. The van der Waals surface area contributed by atoms with Gasteiger partial charge >= 0.3 is 0 Å². The van der Waals surface area contributed by atoms with Gasteiger partial charge in [-0.15, -0.1) is 0 Å². The fraction of sp³-hybridized carbons (Fsp3) is 0. The molecule has 106 valence electrons. The number of benzene rings is 2. The first-order valence-corrected chi connectivity index (χ1v) is 7.57. The highest BCUT2D eigenvalue weighted by Crippen LogP contribution is 2.38. The van der Waals surface area contributed by atoms with Gasteiger partial charge in [0.1, 0.15) is 5.69 Å². The normalized spacial score (nSPS) is 10.8. The van der Waals surface area contributed by atoms with E-state index < -0.39 is 0 Å². The lowest BCUT2D eigenvalue weighted by Gasteiger charge is -2.04. The van der Waals surface area contributed by atoms with Gasteiger partial charge < -0.3 is 10.3 Å². The van der Waals surface area contributed by atoms with E-state index in [9.17, 15) is 0 Å². The molecule has 1 heterocycles. The van der Waals surface area contributed by atoms with Crippen molar-refractivity contribution in [2.24, 2.45) is 0 Å². The quantitative estimate of drug-likeness (QED) is 0.621. The van der Waals surface area contributed by atoms with Gasteiger partial charge in [-0.25, -0.2) is 0 Å². The maximum absolute atomic E-state index is 6.14. The van der Waals surface area contributed by atoms with E-state index in [2.05, 4.69) is 21.1 Å². The fourth-order valence-electron chi connectivity index (χ4n) is 2.07. The van der Waals surface area contributed by atoms with Crippen LogP contribution in [-0.4, -0.2) is 5.16 Å². The van der Waals surface area contributed by atoms with Gasteiger partial charge in [0.05, 0.1) is 10.6 Å². The maximum Gasteiger partial charge on any atom is 0.230 e. The minimum absolute atomic E-state index is 0.242. The molecule has 0 radical (unpaired) electrons. The Balaban J connectivity index is 2.19. The number of hydrogen-bond acceptors (Lipinski definition) is 3. The van der Waals surface area contributed by atoms with E-state index in [4.69, 9.17) is 33.5 Å². The summed E-state index contributed by atoms with van der Waals surface area (Å²) in [5.41, 5.74) is 8.91. The van der Waals surface area contributed by atoms with Crippen LogP contribution in [-0.2, 0) is 0 Å². The molecule has 2 N–H and O–H groups in total. The second-order valence-corrected chi connectivity index (χ2v) is 6.11. The summed E-state index contributed by atoms with van der Waals surface area (Å²) in [5, 5.41) is 5.25. The van der Waals surface area contributed by atoms with Gasteiger partial charge in [-0.1, -0.05) is 46.6 Å². The number of nitrogens with zero attached hydrogens (tertiary/aromatic N) is 1. The van der Waals surface area contributed by atoms with Crippen LogP contribution in [0.2, 0.25) is 10.0 Å². The number of halogens is 3. The predicted molar refractivity (Wildman–Crippen MR) is 89.5 cm³/mol. The molecule has 0 aliphatic rings. The van der Waals surface area contributed by atoms with E-state index in [1.54, 1.807) is 12.1 Å². The highest BCUT2D eigenvalue weighted by molar-refractivity contribution is 9.10. The largest absolute Gasteiger partial charge is 0.367 e. The van der Waals surface area contributed by atoms with Gasteiger partial charge in [0.25, 0.3) is 0 Å². The molecular weight excluding hydrogens is 375 g/mol. The third-order valence-corrected chi connectivity index (χ3v) is 4.49. The fourth-order valence-corrected chi connectivity index (χ4v) is 2.68. The molecule has 0 amide bonds. The van der Waals surface area contributed by atoms with Crippen molar-refractivity contribution in [3.8, 4) is 22.4 Å². The van der Waals surface area contributed by atoms with Gasteiger partial charge in [0.2, 0.25) is 5.88 Å². The van der Waals surface area contributed by atoms with Gasteiger partial charge in [0, 0.05) is 15.1 Å². The third-order valence-electron chi connectivity index (χ3n) is 3.02. The molecular formula is C15H9BrCl2N2O. The molecule has 0 saturated carbocycles. The average Bonchev–Trinajstić information content (AvgIpc) is 2.84. The van der Waals surface area contributed by atoms with Crippen LogP contribution in [0.15, 0.2) is 51.5 Å². The first kappa shape index (κ1) is 14.4. The van der Waals surface area contributed by atoms with Crippen LogP contribution in [0.3, 0.4) is 0 Å². The number of rotatable bonds is 2. The molecule has 0 fully saturated rings. The van der Waals surface area contributed by atoms with Gasteiger partial charge in [0.15, 0.2) is 0 Å². The number of aromatic nitrogens is 1. The SMILES string of the molecule is Nc1onc(-c2ccc(Br)c(Cl)c2)c1-c1cccc(Cl)c1. The zero-order chi connectivity index (χ0) is 15.0. The Morgan fingerprint density at radius 2 is 1.86 bits per heavy atom. The third kappa shape index (κ3) is 2.79. The lowest BCUT2D eigenvalue weighted by molar-refractivity contribution is 0.439. The smallest absolute Gasteiger partial charge is 0.230 e. The van der Waals surface area contributed by atoms with Crippen LogP contribution in [0.4, 0.5) is 5.88 Å². The summed E-state index contributed by atoms with van der Waals surface area (Å²) in [5.74, 6) is 0.242. The molecule has 1 aromatic heterocycles. The molecule has 0 spiro atoms. The summed E-state index contributed by atoms with van der Waals surface area (Å²) >= 11 is 15.5. The molecule has 21 heavy (non-hydrogen) atoms. The molecule has 0 aliphatic heterocycles. The predicted octanol–water partition coefficient (Wildman–Crippen LogP) is 5.66. The monoisotopic (exact) mass is 382 g/mol. The number of nitrogen functional groups attached to an aromatic ring is 1. The van der Waals surface area contributed by atoms with E-state index in [0.717, 1.165) is 15.6 Å². The summed E-state index contributed by atoms with van der Waals surface area (Å²) in [7, 11) is 0. The van der Waals surface area contributed by atoms with Crippen molar-refractivity contribution in [1.29, 1.82) is 0 Å². The molecule has 3 nitrogen and oxygen atoms in total. The van der Waals surface area contributed by atoms with Crippen molar-refractivity contribution in [1.82, 2.24) is 5.16 Å². The Bertz CT molecular complexity index is 817. The van der Waals surface area contributed by atoms with E-state index in [0.29, 0.717) is 21.3 Å². The van der Waals surface area contributed by atoms with Crippen molar-refractivity contribution < 1.29 is 4.52 Å². The van der Waals surface area contributed by atoms with Crippen molar-refractivity contribution in [3.05, 3.63) is 57.0 Å². The molecule has 6 heteroatoms. The van der Waals surface area contributed by atoms with Crippen molar-refractivity contribution in [2.45, 2.75) is 0 Å². The number of anilines is 1. The topological polar surface area (TPSA) is 52.0 Å². The highest BCUT2D eigenvalue weighted by atomic mass is 79.9. The van der Waals surface area contributed by atoms with Crippen LogP contribution in [0, 0.1) is 0 Å². The Kier molecular flexibility index (Phi) is 3.93. The summed E-state index contributed by atoms with van der Waals surface area (Å²) in [6.07, 6.45) is 0. The first-order chi connectivity index (χ1) is 10.1. The second-order valence-electron chi connectivity index (χ2n) is 4.41. The highest BCUT2D eigenvalue weighted by Gasteiger charge is 2.18. The maximum atomic E-state index is 6.14. The summed E-state index contributed by atoms with van der Waals surface area (Å²) < 4.78 is 5.96. The van der Waals surface area contributed by atoms with E-state index >= 15 is 0 Å². The van der Waals surface area contributed by atoms with Crippen molar-refractivity contribution in [2.75, 3.05) is 5.73 Å².